The Morgan fingerprint density at radius 3 is 2.70 bits per heavy atom. The van der Waals surface area contributed by atoms with Crippen molar-refractivity contribution in [2.45, 2.75) is 30.3 Å². The molecule has 1 aliphatic rings. The average Bonchev–Trinajstić information content (AvgIpc) is 1.88. The van der Waals surface area contributed by atoms with Gasteiger partial charge in [-0.15, -0.1) is 0 Å². The first kappa shape index (κ1) is 8.47. The summed E-state index contributed by atoms with van der Waals surface area (Å²) in [4.78, 5) is 0.380. The van der Waals surface area contributed by atoms with E-state index < -0.39 is 6.17 Å². The van der Waals surface area contributed by atoms with Gasteiger partial charge in [0.05, 0.1) is 0 Å². The van der Waals surface area contributed by atoms with Crippen LogP contribution in [0.1, 0.15) is 19.3 Å². The van der Waals surface area contributed by atoms with E-state index in [0.717, 1.165) is 12.8 Å². The summed E-state index contributed by atoms with van der Waals surface area (Å²) in [6.45, 7) is 0.501. The smallest absolute Gasteiger partial charge is 0.105 e. The highest BCUT2D eigenvalue weighted by Gasteiger charge is 2.27. The Bertz CT molecular complexity index is 110. The van der Waals surface area contributed by atoms with Crippen molar-refractivity contribution in [3.63, 3.8) is 0 Å². The van der Waals surface area contributed by atoms with E-state index >= 15 is 0 Å². The van der Waals surface area contributed by atoms with Crippen LogP contribution in [0, 0.1) is 5.92 Å². The van der Waals surface area contributed by atoms with Crippen molar-refractivity contribution in [2.75, 3.05) is 6.54 Å². The zero-order valence-electron chi connectivity index (χ0n) is 5.89. The van der Waals surface area contributed by atoms with Crippen molar-refractivity contribution in [1.29, 1.82) is 0 Å². The molecule has 1 nitrogen and oxygen atoms in total. The van der Waals surface area contributed by atoms with Crippen molar-refractivity contribution in [1.82, 2.24) is 0 Å². The van der Waals surface area contributed by atoms with Crippen LogP contribution in [-0.4, -0.2) is 17.5 Å². The predicted octanol–water partition coefficient (Wildman–Crippen LogP) is 1.85. The Balaban J connectivity index is 2.36. The minimum absolute atomic E-state index is 0.119. The largest absolute Gasteiger partial charge is 0.330 e. The van der Waals surface area contributed by atoms with Gasteiger partial charge in [-0.2, -0.15) is 0 Å². The molecule has 0 aromatic heterocycles. The maximum atomic E-state index is 13.0. The molecule has 60 valence electrons. The third-order valence-corrected chi connectivity index (χ3v) is 2.98. The van der Waals surface area contributed by atoms with Crippen LogP contribution >= 0.6 is 15.9 Å². The molecule has 3 heteroatoms. The molecule has 0 aliphatic heterocycles. The van der Waals surface area contributed by atoms with E-state index in [2.05, 4.69) is 15.9 Å². The lowest BCUT2D eigenvalue weighted by Crippen LogP contribution is -2.31. The molecule has 10 heavy (non-hydrogen) atoms. The van der Waals surface area contributed by atoms with Crippen molar-refractivity contribution in [2.24, 2.45) is 11.7 Å². The fourth-order valence-corrected chi connectivity index (χ4v) is 2.02. The quantitative estimate of drug-likeness (QED) is 0.656. The molecule has 0 bridgehead atoms. The van der Waals surface area contributed by atoms with Crippen LogP contribution < -0.4 is 5.73 Å². The van der Waals surface area contributed by atoms with Gasteiger partial charge >= 0.3 is 0 Å². The first-order chi connectivity index (χ1) is 4.74. The van der Waals surface area contributed by atoms with E-state index in [1.165, 1.54) is 0 Å². The minimum atomic E-state index is -0.678. The van der Waals surface area contributed by atoms with Crippen molar-refractivity contribution in [3.8, 4) is 0 Å². The van der Waals surface area contributed by atoms with Gasteiger partial charge in [-0.25, -0.2) is 4.39 Å². The molecule has 0 radical (unpaired) electrons. The number of hydrogen-bond donors (Lipinski definition) is 1. The number of alkyl halides is 2. The van der Waals surface area contributed by atoms with Crippen LogP contribution in [0.4, 0.5) is 4.39 Å². The first-order valence-electron chi connectivity index (χ1n) is 3.72. The minimum Gasteiger partial charge on any atom is -0.330 e. The predicted molar refractivity (Wildman–Crippen MR) is 44.0 cm³/mol. The van der Waals surface area contributed by atoms with Crippen molar-refractivity contribution < 1.29 is 4.39 Å². The normalized spacial score (nSPS) is 41.7. The SMILES string of the molecule is NCC1CCC(Br)CC1F. The van der Waals surface area contributed by atoms with Gasteiger partial charge in [-0.1, -0.05) is 15.9 Å². The molecule has 3 atom stereocenters. The standard InChI is InChI=1S/C7H13BrFN/c8-6-2-1-5(4-10)7(9)3-6/h5-7H,1-4,10H2. The zero-order chi connectivity index (χ0) is 7.56. The topological polar surface area (TPSA) is 26.0 Å². The monoisotopic (exact) mass is 209 g/mol. The van der Waals surface area contributed by atoms with E-state index in [1.54, 1.807) is 0 Å². The summed E-state index contributed by atoms with van der Waals surface area (Å²) in [5.41, 5.74) is 5.38. The third kappa shape index (κ3) is 1.92. The number of halogens is 2. The van der Waals surface area contributed by atoms with Crippen LogP contribution in [0.2, 0.25) is 0 Å². The van der Waals surface area contributed by atoms with Crippen LogP contribution in [-0.2, 0) is 0 Å². The molecule has 0 aromatic rings. The van der Waals surface area contributed by atoms with Crippen molar-refractivity contribution in [3.05, 3.63) is 0 Å². The van der Waals surface area contributed by atoms with Gasteiger partial charge in [0.1, 0.15) is 6.17 Å². The summed E-state index contributed by atoms with van der Waals surface area (Å²) in [5.74, 6) is 0.119. The Kier molecular flexibility index (Phi) is 3.11. The molecule has 1 aliphatic carbocycles. The van der Waals surface area contributed by atoms with Crippen LogP contribution in [0.25, 0.3) is 0 Å². The van der Waals surface area contributed by atoms with Crippen LogP contribution in [0.5, 0.6) is 0 Å². The van der Waals surface area contributed by atoms with Gasteiger partial charge in [0.2, 0.25) is 0 Å². The molecule has 0 saturated heterocycles. The maximum absolute atomic E-state index is 13.0. The number of nitrogens with two attached hydrogens (primary N) is 1. The Morgan fingerprint density at radius 1 is 1.50 bits per heavy atom. The van der Waals surface area contributed by atoms with E-state index in [0.29, 0.717) is 17.8 Å². The molecule has 2 N–H and O–H groups in total. The van der Waals surface area contributed by atoms with Gasteiger partial charge in [0.25, 0.3) is 0 Å². The summed E-state index contributed by atoms with van der Waals surface area (Å²) in [5, 5.41) is 0. The molecule has 1 rings (SSSR count). The lowest BCUT2D eigenvalue weighted by atomic mass is 9.88. The van der Waals surface area contributed by atoms with Gasteiger partial charge in [-0.3, -0.25) is 0 Å². The summed E-state index contributed by atoms with van der Waals surface area (Å²) < 4.78 is 13.0. The number of hydrogen-bond acceptors (Lipinski definition) is 1. The summed E-state index contributed by atoms with van der Waals surface area (Å²) in [6, 6.07) is 0. The van der Waals surface area contributed by atoms with Crippen LogP contribution in [0.3, 0.4) is 0 Å². The van der Waals surface area contributed by atoms with Crippen LogP contribution in [0.15, 0.2) is 0 Å². The fraction of sp³-hybridized carbons (Fsp3) is 1.00. The van der Waals surface area contributed by atoms with Gasteiger partial charge in [-0.05, 0) is 25.8 Å². The number of rotatable bonds is 1. The second kappa shape index (κ2) is 3.67. The maximum Gasteiger partial charge on any atom is 0.105 e. The van der Waals surface area contributed by atoms with E-state index in [4.69, 9.17) is 5.73 Å². The molecule has 0 aromatic carbocycles. The second-order valence-corrected chi connectivity index (χ2v) is 4.22. The highest BCUT2D eigenvalue weighted by molar-refractivity contribution is 9.09. The molecule has 0 amide bonds. The van der Waals surface area contributed by atoms with Gasteiger partial charge in [0.15, 0.2) is 0 Å². The van der Waals surface area contributed by atoms with E-state index in [9.17, 15) is 4.39 Å². The Morgan fingerprint density at radius 2 is 2.20 bits per heavy atom. The molecular weight excluding hydrogens is 197 g/mol. The fourth-order valence-electron chi connectivity index (χ4n) is 1.40. The summed E-state index contributed by atoms with van der Waals surface area (Å²) >= 11 is 3.40. The molecule has 1 fully saturated rings. The summed E-state index contributed by atoms with van der Waals surface area (Å²) in [6.07, 6.45) is 1.97. The molecular formula is C7H13BrFN. The second-order valence-electron chi connectivity index (χ2n) is 2.92. The molecule has 0 spiro atoms. The van der Waals surface area contributed by atoms with E-state index in [1.807, 2.05) is 0 Å². The molecule has 1 saturated carbocycles. The lowest BCUT2D eigenvalue weighted by Gasteiger charge is -2.27. The Labute approximate surface area is 69.3 Å². The first-order valence-corrected chi connectivity index (χ1v) is 4.63. The third-order valence-electron chi connectivity index (χ3n) is 2.15. The average molecular weight is 210 g/mol. The van der Waals surface area contributed by atoms with E-state index in [-0.39, 0.29) is 5.92 Å². The molecule has 0 heterocycles. The highest BCUT2D eigenvalue weighted by atomic mass is 79.9. The summed E-state index contributed by atoms with van der Waals surface area (Å²) in [7, 11) is 0. The molecule has 3 unspecified atom stereocenters. The Hall–Kier alpha value is 0.370. The highest BCUT2D eigenvalue weighted by Crippen LogP contribution is 2.30. The van der Waals surface area contributed by atoms with Gasteiger partial charge < -0.3 is 5.73 Å². The van der Waals surface area contributed by atoms with Gasteiger partial charge in [0, 0.05) is 10.7 Å². The lowest BCUT2D eigenvalue weighted by molar-refractivity contribution is 0.176. The zero-order valence-corrected chi connectivity index (χ0v) is 7.48. The van der Waals surface area contributed by atoms with Crippen molar-refractivity contribution >= 4 is 15.9 Å².